The van der Waals surface area contributed by atoms with Gasteiger partial charge in [0.15, 0.2) is 5.82 Å². The Kier molecular flexibility index (Phi) is 6.06. The molecule has 0 aliphatic heterocycles. The average molecular weight is 530 g/mol. The van der Waals surface area contributed by atoms with Crippen LogP contribution in [0.15, 0.2) is 52.4 Å². The summed E-state index contributed by atoms with van der Waals surface area (Å²) in [6.07, 6.45) is 3.26. The average Bonchev–Trinajstić information content (AvgIpc) is 3.40. The Morgan fingerprint density at radius 3 is 2.50 bits per heavy atom. The molecule has 0 radical (unpaired) electrons. The summed E-state index contributed by atoms with van der Waals surface area (Å²) in [5, 5.41) is 12.4. The predicted octanol–water partition coefficient (Wildman–Crippen LogP) is 2.71. The van der Waals surface area contributed by atoms with Crippen molar-refractivity contribution in [3.05, 3.63) is 91.1 Å². The van der Waals surface area contributed by atoms with Crippen LogP contribution in [0, 0.1) is 5.82 Å². The van der Waals surface area contributed by atoms with Crippen LogP contribution < -0.4 is 16.7 Å². The molecule has 0 saturated heterocycles. The van der Waals surface area contributed by atoms with Crippen molar-refractivity contribution in [2.45, 2.75) is 13.1 Å². The first-order valence-corrected chi connectivity index (χ1v) is 11.3. The minimum Gasteiger partial charge on any atom is -0.324 e. The first-order valence-electron chi connectivity index (χ1n) is 10.6. The van der Waals surface area contributed by atoms with Gasteiger partial charge in [0, 0.05) is 25.7 Å². The summed E-state index contributed by atoms with van der Waals surface area (Å²) in [6.45, 7) is -0.241. The fourth-order valence-electron chi connectivity index (χ4n) is 3.71. The highest BCUT2D eigenvalue weighted by molar-refractivity contribution is 6.34. The fraction of sp³-hybridized carbons (Fsp3) is 0.182. The summed E-state index contributed by atoms with van der Waals surface area (Å²) >= 11 is 12.4. The van der Waals surface area contributed by atoms with Crippen molar-refractivity contribution in [2.75, 3.05) is 5.32 Å². The van der Waals surface area contributed by atoms with E-state index in [1.54, 1.807) is 37.1 Å². The normalized spacial score (nSPS) is 11.4. The first-order chi connectivity index (χ1) is 17.2. The molecule has 14 heteroatoms. The molecule has 0 spiro atoms. The zero-order valence-corrected chi connectivity index (χ0v) is 20.5. The van der Waals surface area contributed by atoms with Gasteiger partial charge in [-0.05, 0) is 29.8 Å². The number of aromatic nitrogens is 8. The lowest BCUT2D eigenvalue weighted by Gasteiger charge is -2.16. The van der Waals surface area contributed by atoms with Crippen molar-refractivity contribution in [1.82, 2.24) is 38.7 Å². The maximum absolute atomic E-state index is 13.7. The number of anilines is 2. The molecule has 0 bridgehead atoms. The Hall–Kier alpha value is -4.03. The van der Waals surface area contributed by atoms with Crippen molar-refractivity contribution in [1.29, 1.82) is 0 Å². The number of rotatable bonds is 6. The molecule has 184 valence electrons. The van der Waals surface area contributed by atoms with Crippen LogP contribution in [0.5, 0.6) is 0 Å². The summed E-state index contributed by atoms with van der Waals surface area (Å²) in [4.78, 5) is 34.6. The van der Waals surface area contributed by atoms with Gasteiger partial charge in [0.2, 0.25) is 5.95 Å². The lowest BCUT2D eigenvalue weighted by Crippen LogP contribution is -2.43. The summed E-state index contributed by atoms with van der Waals surface area (Å²) < 4.78 is 19.0. The molecule has 0 fully saturated rings. The number of fused-ring (bicyclic) bond motifs is 1. The highest BCUT2D eigenvalue weighted by Crippen LogP contribution is 2.29. The number of nitrogens with one attached hydrogen (secondary N) is 1. The van der Waals surface area contributed by atoms with Crippen molar-refractivity contribution in [3.8, 4) is 0 Å². The van der Waals surface area contributed by atoms with E-state index in [1.807, 2.05) is 0 Å². The molecule has 3 heterocycles. The smallest absolute Gasteiger partial charge is 0.324 e. The van der Waals surface area contributed by atoms with E-state index in [1.165, 1.54) is 33.8 Å². The Morgan fingerprint density at radius 1 is 0.972 bits per heavy atom. The lowest BCUT2D eigenvalue weighted by atomic mass is 10.2. The van der Waals surface area contributed by atoms with Crippen LogP contribution in [0.3, 0.4) is 0 Å². The monoisotopic (exact) mass is 529 g/mol. The van der Waals surface area contributed by atoms with Crippen molar-refractivity contribution < 1.29 is 4.39 Å². The minimum absolute atomic E-state index is 0.0548. The number of halogens is 3. The second-order valence-corrected chi connectivity index (χ2v) is 8.89. The molecular formula is C22H18Cl2FN9O2. The second kappa shape index (κ2) is 9.21. The first kappa shape index (κ1) is 23.7. The van der Waals surface area contributed by atoms with E-state index in [-0.39, 0.29) is 29.9 Å². The van der Waals surface area contributed by atoms with Gasteiger partial charge in [-0.3, -0.25) is 13.9 Å². The highest BCUT2D eigenvalue weighted by atomic mass is 35.5. The van der Waals surface area contributed by atoms with Gasteiger partial charge >= 0.3 is 11.4 Å². The molecule has 36 heavy (non-hydrogen) atoms. The van der Waals surface area contributed by atoms with Crippen LogP contribution in [-0.4, -0.2) is 38.7 Å². The predicted molar refractivity (Wildman–Crippen MR) is 132 cm³/mol. The minimum atomic E-state index is -0.804. The molecule has 0 saturated carbocycles. The van der Waals surface area contributed by atoms with E-state index >= 15 is 0 Å². The van der Waals surface area contributed by atoms with Crippen LogP contribution >= 0.6 is 23.2 Å². The highest BCUT2D eigenvalue weighted by Gasteiger charge is 2.18. The van der Waals surface area contributed by atoms with Gasteiger partial charge in [-0.25, -0.2) is 23.5 Å². The van der Waals surface area contributed by atoms with E-state index in [2.05, 4.69) is 25.5 Å². The Balaban J connectivity index is 1.62. The molecule has 5 aromatic rings. The molecular weight excluding hydrogens is 512 g/mol. The summed E-state index contributed by atoms with van der Waals surface area (Å²) in [7, 11) is 3.45. The maximum Gasteiger partial charge on any atom is 0.355 e. The number of aryl methyl sites for hydroxylation is 2. The summed E-state index contributed by atoms with van der Waals surface area (Å²) in [6, 6.07) is 7.48. The van der Waals surface area contributed by atoms with Crippen LogP contribution in [-0.2, 0) is 27.2 Å². The molecule has 1 N–H and O–H groups in total. The number of hydrogen-bond acceptors (Lipinski definition) is 7. The zero-order chi connectivity index (χ0) is 25.6. The summed E-state index contributed by atoms with van der Waals surface area (Å²) in [5.41, 5.74) is 0.130. The largest absolute Gasteiger partial charge is 0.355 e. The second-order valence-electron chi connectivity index (χ2n) is 8.07. The standard InChI is InChI=1S/C22H18Cl2FN9O2/c1-31-9-13-6-18(15(24)7-17(13)29-31)27-20-28-21(35)34(10-19-26-11-32(2)30-19)22(36)33(20)8-12-3-4-16(25)14(23)5-12/h3-7,9,11H,8,10H2,1-2H3,(H,27,28,35). The molecule has 0 aliphatic carbocycles. The molecule has 0 aliphatic rings. The Labute approximate surface area is 212 Å². The molecule has 0 atom stereocenters. The zero-order valence-electron chi connectivity index (χ0n) is 19.0. The Bertz CT molecular complexity index is 1740. The third-order valence-electron chi connectivity index (χ3n) is 5.38. The maximum atomic E-state index is 13.7. The van der Waals surface area contributed by atoms with Crippen LogP contribution in [0.25, 0.3) is 10.9 Å². The summed E-state index contributed by atoms with van der Waals surface area (Å²) in [5.74, 6) is -0.381. The third kappa shape index (κ3) is 4.60. The van der Waals surface area contributed by atoms with Crippen molar-refractivity contribution >= 4 is 45.7 Å². The number of hydrogen-bond donors (Lipinski definition) is 1. The van der Waals surface area contributed by atoms with Crippen LogP contribution in [0.2, 0.25) is 10.0 Å². The molecule has 2 aromatic carbocycles. The van der Waals surface area contributed by atoms with Gasteiger partial charge in [-0.1, -0.05) is 29.3 Å². The number of benzene rings is 2. The van der Waals surface area contributed by atoms with E-state index in [0.717, 1.165) is 9.95 Å². The molecule has 11 nitrogen and oxygen atoms in total. The van der Waals surface area contributed by atoms with E-state index in [4.69, 9.17) is 23.2 Å². The van der Waals surface area contributed by atoms with E-state index in [9.17, 15) is 14.0 Å². The van der Waals surface area contributed by atoms with Crippen LogP contribution in [0.1, 0.15) is 11.4 Å². The SMILES string of the molecule is Cn1cnc(Cn2c(=O)nc(Nc3cc4cn(C)nc4cc3Cl)n(Cc3ccc(F)c(Cl)c3)c2=O)n1. The van der Waals surface area contributed by atoms with Gasteiger partial charge in [0.1, 0.15) is 12.1 Å². The topological polar surface area (TPSA) is 117 Å². The van der Waals surface area contributed by atoms with Crippen molar-refractivity contribution in [2.24, 2.45) is 14.1 Å². The lowest BCUT2D eigenvalue weighted by molar-refractivity contribution is 0.572. The third-order valence-corrected chi connectivity index (χ3v) is 5.98. The van der Waals surface area contributed by atoms with Gasteiger partial charge in [0.05, 0.1) is 34.3 Å². The Morgan fingerprint density at radius 2 is 1.78 bits per heavy atom. The molecule has 0 unspecified atom stereocenters. The van der Waals surface area contributed by atoms with E-state index < -0.39 is 17.2 Å². The van der Waals surface area contributed by atoms with Gasteiger partial charge in [0.25, 0.3) is 0 Å². The molecule has 3 aromatic heterocycles. The van der Waals surface area contributed by atoms with E-state index in [0.29, 0.717) is 21.8 Å². The van der Waals surface area contributed by atoms with Crippen molar-refractivity contribution in [3.63, 3.8) is 0 Å². The molecule has 0 amide bonds. The molecule has 5 rings (SSSR count). The fourth-order valence-corrected chi connectivity index (χ4v) is 4.12. The number of nitrogens with zero attached hydrogens (tertiary/aromatic N) is 8. The van der Waals surface area contributed by atoms with Crippen LogP contribution in [0.4, 0.5) is 16.0 Å². The van der Waals surface area contributed by atoms with Gasteiger partial charge < -0.3 is 5.32 Å². The van der Waals surface area contributed by atoms with Gasteiger partial charge in [-0.2, -0.15) is 15.2 Å². The quantitative estimate of drug-likeness (QED) is 0.359. The van der Waals surface area contributed by atoms with Gasteiger partial charge in [-0.15, -0.1) is 0 Å².